The first-order valence-electron chi connectivity index (χ1n) is 7.14. The van der Waals surface area contributed by atoms with E-state index in [1.165, 1.54) is 0 Å². The van der Waals surface area contributed by atoms with Crippen molar-refractivity contribution in [3.05, 3.63) is 0 Å². The van der Waals surface area contributed by atoms with E-state index in [1.54, 1.807) is 0 Å². The number of nitrogens with one attached hydrogen (secondary N) is 1. The molecular weight excluding hydrogens is 266 g/mol. The molecule has 0 aromatic heterocycles. The van der Waals surface area contributed by atoms with Gasteiger partial charge in [0.25, 0.3) is 0 Å². The summed E-state index contributed by atoms with van der Waals surface area (Å²) in [6.45, 7) is 0.651. The lowest BCUT2D eigenvalue weighted by molar-refractivity contribution is -0.121. The molecule has 1 aliphatic heterocycles. The largest absolute Gasteiger partial charge is 0.396 e. The molecule has 2 rings (SSSR count). The molecule has 0 aromatic carbocycles. The molecule has 0 bridgehead atoms. The third-order valence-electron chi connectivity index (χ3n) is 4.46. The topological polar surface area (TPSA) is 83.5 Å². The van der Waals surface area contributed by atoms with E-state index in [-0.39, 0.29) is 24.2 Å². The van der Waals surface area contributed by atoms with E-state index in [1.807, 2.05) is 0 Å². The second-order valence-corrected chi connectivity index (χ2v) is 8.03. The lowest BCUT2D eigenvalue weighted by atomic mass is 9.97. The quantitative estimate of drug-likeness (QED) is 0.788. The van der Waals surface area contributed by atoms with Gasteiger partial charge in [-0.3, -0.25) is 4.79 Å². The number of aliphatic hydroxyl groups excluding tert-OH is 1. The number of carbonyl (C=O) groups is 1. The Labute approximate surface area is 114 Å². The predicted octanol–water partition coefficient (Wildman–Crippen LogP) is 0.478. The first-order valence-corrected chi connectivity index (χ1v) is 8.86. The Bertz CT molecular complexity index is 420. The highest BCUT2D eigenvalue weighted by Crippen LogP contribution is 2.30. The van der Waals surface area contributed by atoms with Crippen molar-refractivity contribution in [1.29, 1.82) is 0 Å². The minimum atomic E-state index is -3.25. The van der Waals surface area contributed by atoms with Gasteiger partial charge < -0.3 is 10.4 Å². The van der Waals surface area contributed by atoms with E-state index >= 15 is 0 Å². The van der Waals surface area contributed by atoms with Crippen molar-refractivity contribution in [1.82, 2.24) is 5.32 Å². The summed E-state index contributed by atoms with van der Waals surface area (Å²) in [4.78, 5) is 12.0. The van der Waals surface area contributed by atoms with E-state index in [9.17, 15) is 18.3 Å². The molecule has 0 radical (unpaired) electrons. The smallest absolute Gasteiger partial charge is 0.238 e. The average molecular weight is 289 g/mol. The minimum absolute atomic E-state index is 0.133. The molecule has 1 saturated carbocycles. The zero-order chi connectivity index (χ0) is 13.9. The van der Waals surface area contributed by atoms with Crippen LogP contribution >= 0.6 is 0 Å². The molecule has 3 unspecified atom stereocenters. The summed E-state index contributed by atoms with van der Waals surface area (Å²) in [7, 11) is -3.25. The molecule has 2 fully saturated rings. The summed E-state index contributed by atoms with van der Waals surface area (Å²) in [5, 5.41) is 11.2. The van der Waals surface area contributed by atoms with Crippen LogP contribution in [-0.4, -0.2) is 43.6 Å². The van der Waals surface area contributed by atoms with Crippen LogP contribution in [0.4, 0.5) is 0 Å². The van der Waals surface area contributed by atoms with Crippen LogP contribution in [0.15, 0.2) is 0 Å². The fourth-order valence-corrected chi connectivity index (χ4v) is 5.04. The maximum Gasteiger partial charge on any atom is 0.238 e. The number of carbonyl (C=O) groups excluding carboxylic acids is 1. The van der Waals surface area contributed by atoms with Gasteiger partial charge in [0, 0.05) is 13.2 Å². The second-order valence-electron chi connectivity index (χ2n) is 5.73. The van der Waals surface area contributed by atoms with Crippen LogP contribution in [0.5, 0.6) is 0 Å². The van der Waals surface area contributed by atoms with Gasteiger partial charge in [-0.1, -0.05) is 12.8 Å². The van der Waals surface area contributed by atoms with Gasteiger partial charge in [-0.05, 0) is 37.5 Å². The minimum Gasteiger partial charge on any atom is -0.396 e. The van der Waals surface area contributed by atoms with Crippen LogP contribution in [0, 0.1) is 11.8 Å². The Morgan fingerprint density at radius 3 is 2.53 bits per heavy atom. The third-order valence-corrected chi connectivity index (χ3v) is 6.64. The maximum absolute atomic E-state index is 12.0. The molecule has 110 valence electrons. The molecule has 2 aliphatic rings. The summed E-state index contributed by atoms with van der Waals surface area (Å²) >= 11 is 0. The molecule has 0 spiro atoms. The van der Waals surface area contributed by atoms with Crippen molar-refractivity contribution in [3.8, 4) is 0 Å². The predicted molar refractivity (Wildman–Crippen MR) is 72.4 cm³/mol. The molecule has 2 N–H and O–H groups in total. The lowest BCUT2D eigenvalue weighted by Gasteiger charge is -2.23. The highest BCUT2D eigenvalue weighted by atomic mass is 32.2. The molecule has 1 saturated heterocycles. The number of hydrogen-bond donors (Lipinski definition) is 2. The third kappa shape index (κ3) is 3.48. The fraction of sp³-hybridized carbons (Fsp3) is 0.923. The highest BCUT2D eigenvalue weighted by molar-refractivity contribution is 7.92. The van der Waals surface area contributed by atoms with Gasteiger partial charge in [0.2, 0.25) is 5.91 Å². The van der Waals surface area contributed by atoms with Gasteiger partial charge in [0.1, 0.15) is 5.25 Å². The van der Waals surface area contributed by atoms with E-state index in [0.29, 0.717) is 25.3 Å². The van der Waals surface area contributed by atoms with Crippen LogP contribution in [0.3, 0.4) is 0 Å². The van der Waals surface area contributed by atoms with Gasteiger partial charge in [0.15, 0.2) is 9.84 Å². The number of rotatable bonds is 4. The van der Waals surface area contributed by atoms with Crippen LogP contribution in [0.25, 0.3) is 0 Å². The SMILES string of the molecule is O=C(NCC1CCCC1CO)C1CCCCS1(=O)=O. The Morgan fingerprint density at radius 1 is 1.11 bits per heavy atom. The number of sulfone groups is 1. The Kier molecular flexibility index (Phi) is 4.84. The van der Waals surface area contributed by atoms with Crippen LogP contribution < -0.4 is 5.32 Å². The van der Waals surface area contributed by atoms with Crippen LogP contribution in [0.2, 0.25) is 0 Å². The maximum atomic E-state index is 12.0. The van der Waals surface area contributed by atoms with Crippen LogP contribution in [0.1, 0.15) is 38.5 Å². The van der Waals surface area contributed by atoms with Crippen molar-refractivity contribution in [2.24, 2.45) is 11.8 Å². The summed E-state index contributed by atoms with van der Waals surface area (Å²) in [5.74, 6) is 0.333. The van der Waals surface area contributed by atoms with Gasteiger partial charge in [-0.2, -0.15) is 0 Å². The molecule has 0 aromatic rings. The number of amides is 1. The highest BCUT2D eigenvalue weighted by Gasteiger charge is 2.35. The molecule has 5 nitrogen and oxygen atoms in total. The van der Waals surface area contributed by atoms with E-state index in [2.05, 4.69) is 5.32 Å². The molecule has 1 heterocycles. The molecule has 6 heteroatoms. The van der Waals surface area contributed by atoms with Crippen molar-refractivity contribution < 1.29 is 18.3 Å². The first-order chi connectivity index (χ1) is 9.04. The first kappa shape index (κ1) is 14.8. The summed E-state index contributed by atoms with van der Waals surface area (Å²) in [5.41, 5.74) is 0. The average Bonchev–Trinajstić information content (AvgIpc) is 2.82. The summed E-state index contributed by atoms with van der Waals surface area (Å²) in [6.07, 6.45) is 5.00. The zero-order valence-corrected chi connectivity index (χ0v) is 12.0. The molecule has 1 amide bonds. The molecular formula is C13H23NO4S. The summed E-state index contributed by atoms with van der Waals surface area (Å²) in [6, 6.07) is 0. The van der Waals surface area contributed by atoms with Gasteiger partial charge in [-0.15, -0.1) is 0 Å². The van der Waals surface area contributed by atoms with Crippen molar-refractivity contribution >= 4 is 15.7 Å². The van der Waals surface area contributed by atoms with Gasteiger partial charge >= 0.3 is 0 Å². The lowest BCUT2D eigenvalue weighted by Crippen LogP contribution is -2.44. The standard InChI is InChI=1S/C13H23NO4S/c15-9-11-5-3-4-10(11)8-14-13(16)12-6-1-2-7-19(12,17)18/h10-12,15H,1-9H2,(H,14,16). The molecule has 3 atom stereocenters. The van der Waals surface area contributed by atoms with Crippen molar-refractivity contribution in [2.75, 3.05) is 18.9 Å². The van der Waals surface area contributed by atoms with E-state index < -0.39 is 15.1 Å². The van der Waals surface area contributed by atoms with Gasteiger partial charge in [-0.25, -0.2) is 8.42 Å². The van der Waals surface area contributed by atoms with Gasteiger partial charge in [0.05, 0.1) is 5.75 Å². The van der Waals surface area contributed by atoms with Crippen molar-refractivity contribution in [2.45, 2.75) is 43.8 Å². The Hall–Kier alpha value is -0.620. The normalized spacial score (nSPS) is 34.1. The Balaban J connectivity index is 1.87. The monoisotopic (exact) mass is 289 g/mol. The Morgan fingerprint density at radius 2 is 1.84 bits per heavy atom. The van der Waals surface area contributed by atoms with E-state index in [4.69, 9.17) is 0 Å². The fourth-order valence-electron chi connectivity index (χ4n) is 3.22. The molecule has 1 aliphatic carbocycles. The zero-order valence-electron chi connectivity index (χ0n) is 11.2. The van der Waals surface area contributed by atoms with Crippen LogP contribution in [-0.2, 0) is 14.6 Å². The van der Waals surface area contributed by atoms with Crippen molar-refractivity contribution in [3.63, 3.8) is 0 Å². The number of aliphatic hydroxyl groups is 1. The summed E-state index contributed by atoms with van der Waals surface area (Å²) < 4.78 is 23.7. The van der Waals surface area contributed by atoms with E-state index in [0.717, 1.165) is 25.7 Å². The number of hydrogen-bond acceptors (Lipinski definition) is 4. The second kappa shape index (κ2) is 6.22. The molecule has 19 heavy (non-hydrogen) atoms.